The molecular formula is C18H28Cl2N4O. The molecule has 1 aromatic rings. The van der Waals surface area contributed by atoms with E-state index in [2.05, 4.69) is 54.1 Å². The van der Waals surface area contributed by atoms with Gasteiger partial charge in [-0.15, -0.1) is 24.8 Å². The highest BCUT2D eigenvalue weighted by Crippen LogP contribution is 2.29. The quantitative estimate of drug-likeness (QED) is 0.846. The Kier molecular flexibility index (Phi) is 8.30. The normalized spacial score (nSPS) is 26.2. The molecule has 1 aromatic carbocycles. The van der Waals surface area contributed by atoms with E-state index in [1.807, 2.05) is 6.07 Å². The molecule has 5 nitrogen and oxygen atoms in total. The Hall–Kier alpha value is -1.19. The number of anilines is 2. The third kappa shape index (κ3) is 4.92. The van der Waals surface area contributed by atoms with Crippen LogP contribution in [0.5, 0.6) is 0 Å². The molecule has 2 aliphatic heterocycles. The molecule has 7 heteroatoms. The second kappa shape index (κ2) is 9.49. The minimum Gasteiger partial charge on any atom is -0.372 e. The zero-order chi connectivity index (χ0) is 16.4. The van der Waals surface area contributed by atoms with E-state index in [4.69, 9.17) is 4.74 Å². The van der Waals surface area contributed by atoms with E-state index < -0.39 is 0 Å². The maximum absolute atomic E-state index is 9.63. The van der Waals surface area contributed by atoms with Crippen molar-refractivity contribution < 1.29 is 4.74 Å². The number of piperazine rings is 1. The van der Waals surface area contributed by atoms with Gasteiger partial charge >= 0.3 is 0 Å². The van der Waals surface area contributed by atoms with E-state index in [1.54, 1.807) is 0 Å². The van der Waals surface area contributed by atoms with Gasteiger partial charge in [0.1, 0.15) is 6.07 Å². The molecule has 0 aliphatic carbocycles. The summed E-state index contributed by atoms with van der Waals surface area (Å²) in [4.78, 5) is 4.66. The standard InChI is InChI=1S/C18H26N4O.2ClH/c1-13-10-20-6-7-22(13)17-4-5-18(16(8-17)9-19)21-11-14(2)23-15(3)12-21;;/h4-5,8,13-15,20H,6-7,10-12H2,1-3H3;2*1H/t13-,14-,15+;;/m1../s1. The van der Waals surface area contributed by atoms with Crippen molar-refractivity contribution in [3.05, 3.63) is 23.8 Å². The molecule has 0 radical (unpaired) electrons. The summed E-state index contributed by atoms with van der Waals surface area (Å²) in [5.74, 6) is 0. The molecule has 0 bridgehead atoms. The number of ether oxygens (including phenoxy) is 1. The molecule has 2 saturated heterocycles. The fourth-order valence-corrected chi connectivity index (χ4v) is 3.67. The summed E-state index contributed by atoms with van der Waals surface area (Å²) < 4.78 is 5.80. The highest BCUT2D eigenvalue weighted by Gasteiger charge is 2.25. The molecule has 2 heterocycles. The van der Waals surface area contributed by atoms with Crippen molar-refractivity contribution in [1.82, 2.24) is 5.32 Å². The number of morpholine rings is 1. The van der Waals surface area contributed by atoms with Crippen LogP contribution < -0.4 is 15.1 Å². The molecule has 25 heavy (non-hydrogen) atoms. The molecule has 140 valence electrons. The summed E-state index contributed by atoms with van der Waals surface area (Å²) in [7, 11) is 0. The Morgan fingerprint density at radius 1 is 1.16 bits per heavy atom. The number of hydrogen-bond acceptors (Lipinski definition) is 5. The number of nitrogens with zero attached hydrogens (tertiary/aromatic N) is 3. The smallest absolute Gasteiger partial charge is 0.101 e. The van der Waals surface area contributed by atoms with Crippen LogP contribution in [0.4, 0.5) is 11.4 Å². The predicted octanol–water partition coefficient (Wildman–Crippen LogP) is 2.81. The van der Waals surface area contributed by atoms with Crippen LogP contribution in [0, 0.1) is 11.3 Å². The van der Waals surface area contributed by atoms with E-state index in [9.17, 15) is 5.26 Å². The van der Waals surface area contributed by atoms with Gasteiger partial charge in [0.05, 0.1) is 23.5 Å². The number of nitriles is 1. The maximum Gasteiger partial charge on any atom is 0.101 e. The molecule has 0 aromatic heterocycles. The third-order valence-corrected chi connectivity index (χ3v) is 4.69. The molecule has 0 spiro atoms. The first-order valence-electron chi connectivity index (χ1n) is 8.50. The topological polar surface area (TPSA) is 51.5 Å². The summed E-state index contributed by atoms with van der Waals surface area (Å²) in [6.07, 6.45) is 0.385. The van der Waals surface area contributed by atoms with Gasteiger partial charge in [-0.25, -0.2) is 0 Å². The van der Waals surface area contributed by atoms with Crippen LogP contribution >= 0.6 is 24.8 Å². The monoisotopic (exact) mass is 386 g/mol. The van der Waals surface area contributed by atoms with Gasteiger partial charge in [0.25, 0.3) is 0 Å². The van der Waals surface area contributed by atoms with Gasteiger partial charge in [0.15, 0.2) is 0 Å². The first-order chi connectivity index (χ1) is 11.1. The Bertz CT molecular complexity index is 597. The van der Waals surface area contributed by atoms with Crippen LogP contribution in [-0.4, -0.2) is 51.0 Å². The van der Waals surface area contributed by atoms with Crippen LogP contribution in [0.1, 0.15) is 26.3 Å². The van der Waals surface area contributed by atoms with Crippen LogP contribution in [0.3, 0.4) is 0 Å². The summed E-state index contributed by atoms with van der Waals surface area (Å²) in [5, 5.41) is 13.0. The summed E-state index contributed by atoms with van der Waals surface area (Å²) in [5.41, 5.74) is 2.93. The fourth-order valence-electron chi connectivity index (χ4n) is 3.67. The average molecular weight is 387 g/mol. The Morgan fingerprint density at radius 3 is 2.44 bits per heavy atom. The molecule has 3 rings (SSSR count). The Labute approximate surface area is 163 Å². The van der Waals surface area contributed by atoms with Crippen molar-refractivity contribution in [3.63, 3.8) is 0 Å². The minimum atomic E-state index is 0. The second-order valence-electron chi connectivity index (χ2n) is 6.72. The van der Waals surface area contributed by atoms with Crippen LogP contribution in [0.15, 0.2) is 18.2 Å². The fraction of sp³-hybridized carbons (Fsp3) is 0.611. The van der Waals surface area contributed by atoms with Crippen LogP contribution in [-0.2, 0) is 4.74 Å². The van der Waals surface area contributed by atoms with Crippen molar-refractivity contribution in [1.29, 1.82) is 5.26 Å². The molecule has 0 saturated carbocycles. The number of benzene rings is 1. The maximum atomic E-state index is 9.63. The molecule has 3 atom stereocenters. The van der Waals surface area contributed by atoms with Crippen molar-refractivity contribution >= 4 is 36.2 Å². The average Bonchev–Trinajstić information content (AvgIpc) is 2.54. The van der Waals surface area contributed by atoms with Crippen molar-refractivity contribution in [2.45, 2.75) is 39.0 Å². The third-order valence-electron chi connectivity index (χ3n) is 4.69. The van der Waals surface area contributed by atoms with E-state index in [0.717, 1.165) is 49.7 Å². The Balaban J connectivity index is 0.00000156. The molecule has 0 amide bonds. The second-order valence-corrected chi connectivity index (χ2v) is 6.72. The van der Waals surface area contributed by atoms with Crippen molar-refractivity contribution in [3.8, 4) is 6.07 Å². The van der Waals surface area contributed by atoms with Gasteiger partial charge in [-0.1, -0.05) is 0 Å². The highest BCUT2D eigenvalue weighted by atomic mass is 35.5. The van der Waals surface area contributed by atoms with Gasteiger partial charge < -0.3 is 19.9 Å². The van der Waals surface area contributed by atoms with Crippen molar-refractivity contribution in [2.24, 2.45) is 0 Å². The first kappa shape index (κ1) is 21.9. The van der Waals surface area contributed by atoms with Gasteiger partial charge in [0.2, 0.25) is 0 Å². The lowest BCUT2D eigenvalue weighted by Gasteiger charge is -2.38. The van der Waals surface area contributed by atoms with Crippen molar-refractivity contribution in [2.75, 3.05) is 42.5 Å². The van der Waals surface area contributed by atoms with E-state index in [0.29, 0.717) is 6.04 Å². The highest BCUT2D eigenvalue weighted by molar-refractivity contribution is 5.85. The molecular weight excluding hydrogens is 359 g/mol. The van der Waals surface area contributed by atoms with E-state index in [-0.39, 0.29) is 37.0 Å². The van der Waals surface area contributed by atoms with Gasteiger partial charge in [-0.2, -0.15) is 5.26 Å². The van der Waals surface area contributed by atoms with E-state index in [1.165, 1.54) is 0 Å². The number of halogens is 2. The predicted molar refractivity (Wildman–Crippen MR) is 108 cm³/mol. The van der Waals surface area contributed by atoms with Crippen LogP contribution in [0.25, 0.3) is 0 Å². The number of rotatable bonds is 2. The first-order valence-corrected chi connectivity index (χ1v) is 8.50. The zero-order valence-corrected chi connectivity index (χ0v) is 16.7. The summed E-state index contributed by atoms with van der Waals surface area (Å²) in [6.45, 7) is 11.0. The lowest BCUT2D eigenvalue weighted by molar-refractivity contribution is -0.00522. The minimum absolute atomic E-state index is 0. The van der Waals surface area contributed by atoms with E-state index >= 15 is 0 Å². The summed E-state index contributed by atoms with van der Waals surface area (Å²) >= 11 is 0. The largest absolute Gasteiger partial charge is 0.372 e. The zero-order valence-electron chi connectivity index (χ0n) is 15.1. The van der Waals surface area contributed by atoms with Gasteiger partial charge in [0, 0.05) is 44.5 Å². The SMILES string of the molecule is C[C@@H]1CN(c2ccc(N3CCNC[C@H]3C)cc2C#N)C[C@H](C)O1.Cl.Cl. The molecule has 0 unspecified atom stereocenters. The van der Waals surface area contributed by atoms with Gasteiger partial charge in [-0.3, -0.25) is 0 Å². The number of hydrogen-bond donors (Lipinski definition) is 1. The summed E-state index contributed by atoms with van der Waals surface area (Å²) in [6, 6.07) is 9.14. The Morgan fingerprint density at radius 2 is 1.84 bits per heavy atom. The molecule has 1 N–H and O–H groups in total. The van der Waals surface area contributed by atoms with Gasteiger partial charge in [-0.05, 0) is 39.0 Å². The molecule has 2 aliphatic rings. The van der Waals surface area contributed by atoms with Crippen LogP contribution in [0.2, 0.25) is 0 Å². The lowest BCUT2D eigenvalue weighted by atomic mass is 10.1. The number of nitrogens with one attached hydrogen (secondary N) is 1. The molecule has 2 fully saturated rings. The lowest BCUT2D eigenvalue weighted by Crippen LogP contribution is -2.50.